The van der Waals surface area contributed by atoms with Crippen molar-refractivity contribution >= 4 is 0 Å². The first-order chi connectivity index (χ1) is 11.8. The summed E-state index contributed by atoms with van der Waals surface area (Å²) in [6.07, 6.45) is 2.41. The van der Waals surface area contributed by atoms with Crippen molar-refractivity contribution in [3.8, 4) is 0 Å². The molecule has 24 heavy (non-hydrogen) atoms. The van der Waals surface area contributed by atoms with Gasteiger partial charge in [-0.3, -0.25) is 4.90 Å². The third kappa shape index (κ3) is 3.93. The number of likely N-dealkylation sites (tertiary alicyclic amines) is 1. The van der Waals surface area contributed by atoms with Crippen LogP contribution < -0.4 is 5.32 Å². The predicted molar refractivity (Wildman–Crippen MR) is 98.9 cm³/mol. The lowest BCUT2D eigenvalue weighted by Crippen LogP contribution is -2.53. The number of aliphatic hydroxyl groups excluding tert-OH is 1. The smallest absolute Gasteiger partial charge is 0.0820 e. The average molecular weight is 322 g/mol. The molecular weight excluding hydrogens is 296 g/mol. The van der Waals surface area contributed by atoms with Crippen molar-refractivity contribution < 1.29 is 5.11 Å². The Balaban J connectivity index is 1.81. The zero-order valence-electron chi connectivity index (χ0n) is 14.0. The molecule has 1 saturated heterocycles. The van der Waals surface area contributed by atoms with Crippen LogP contribution in [0, 0.1) is 0 Å². The zero-order chi connectivity index (χ0) is 16.8. The van der Waals surface area contributed by atoms with E-state index in [4.69, 9.17) is 0 Å². The van der Waals surface area contributed by atoms with Crippen LogP contribution in [0.5, 0.6) is 0 Å². The van der Waals surface area contributed by atoms with Crippen LogP contribution in [0.25, 0.3) is 0 Å². The van der Waals surface area contributed by atoms with E-state index < -0.39 is 0 Å². The zero-order valence-corrected chi connectivity index (χ0v) is 14.0. The molecule has 126 valence electrons. The number of aliphatic hydroxyl groups is 1. The fraction of sp³-hybridized carbons (Fsp3) is 0.333. The maximum atomic E-state index is 10.6. The fourth-order valence-corrected chi connectivity index (χ4v) is 3.55. The van der Waals surface area contributed by atoms with Gasteiger partial charge in [0.25, 0.3) is 0 Å². The molecule has 2 aromatic carbocycles. The molecule has 0 aromatic heterocycles. The Kier molecular flexibility index (Phi) is 5.81. The van der Waals surface area contributed by atoms with Crippen LogP contribution in [-0.4, -0.2) is 41.8 Å². The number of nitrogens with zero attached hydrogens (tertiary/aromatic N) is 1. The Morgan fingerprint density at radius 3 is 2.17 bits per heavy atom. The molecule has 2 aromatic rings. The second-order valence-corrected chi connectivity index (χ2v) is 6.38. The molecule has 0 amide bonds. The number of hydrogen-bond donors (Lipinski definition) is 2. The second kappa shape index (κ2) is 8.25. The summed E-state index contributed by atoms with van der Waals surface area (Å²) in [5.74, 6) is 0. The molecule has 0 spiro atoms. The minimum absolute atomic E-state index is 0.145. The molecule has 1 aliphatic rings. The first kappa shape index (κ1) is 16.9. The topological polar surface area (TPSA) is 35.5 Å². The van der Waals surface area contributed by atoms with E-state index in [1.807, 2.05) is 18.2 Å². The number of rotatable bonds is 6. The lowest BCUT2D eigenvalue weighted by atomic mass is 9.93. The summed E-state index contributed by atoms with van der Waals surface area (Å²) in [5, 5.41) is 13.9. The summed E-state index contributed by atoms with van der Waals surface area (Å²) in [4.78, 5) is 2.39. The highest BCUT2D eigenvalue weighted by Gasteiger charge is 2.32. The molecule has 0 aliphatic carbocycles. The van der Waals surface area contributed by atoms with Crippen molar-refractivity contribution in [1.29, 1.82) is 0 Å². The van der Waals surface area contributed by atoms with E-state index in [2.05, 4.69) is 65.3 Å². The minimum atomic E-state index is -0.367. The molecule has 1 fully saturated rings. The quantitative estimate of drug-likeness (QED) is 0.803. The lowest BCUT2D eigenvalue weighted by Gasteiger charge is -2.41. The van der Waals surface area contributed by atoms with Crippen molar-refractivity contribution in [1.82, 2.24) is 10.2 Å². The maximum absolute atomic E-state index is 10.6. The van der Waals surface area contributed by atoms with Gasteiger partial charge in [-0.25, -0.2) is 0 Å². The molecule has 3 nitrogen and oxygen atoms in total. The van der Waals surface area contributed by atoms with Gasteiger partial charge in [0.1, 0.15) is 0 Å². The van der Waals surface area contributed by atoms with Crippen LogP contribution in [0.1, 0.15) is 23.6 Å². The van der Waals surface area contributed by atoms with Crippen molar-refractivity contribution in [2.75, 3.05) is 19.6 Å². The summed E-state index contributed by atoms with van der Waals surface area (Å²) < 4.78 is 0. The lowest BCUT2D eigenvalue weighted by molar-refractivity contribution is 0.0286. The molecule has 1 heterocycles. The van der Waals surface area contributed by atoms with Gasteiger partial charge in [-0.15, -0.1) is 6.58 Å². The van der Waals surface area contributed by atoms with Gasteiger partial charge in [-0.1, -0.05) is 66.7 Å². The Morgan fingerprint density at radius 2 is 1.67 bits per heavy atom. The average Bonchev–Trinajstić information content (AvgIpc) is 2.63. The van der Waals surface area contributed by atoms with Gasteiger partial charge in [-0.2, -0.15) is 0 Å². The van der Waals surface area contributed by atoms with Crippen molar-refractivity contribution in [3.05, 3.63) is 84.4 Å². The summed E-state index contributed by atoms with van der Waals surface area (Å²) in [6, 6.07) is 21.4. The van der Waals surface area contributed by atoms with E-state index in [1.54, 1.807) is 0 Å². The van der Waals surface area contributed by atoms with E-state index in [-0.39, 0.29) is 18.2 Å². The Morgan fingerprint density at radius 1 is 1.08 bits per heavy atom. The first-order valence-electron chi connectivity index (χ1n) is 8.66. The first-order valence-corrected chi connectivity index (χ1v) is 8.66. The molecule has 0 unspecified atom stereocenters. The molecule has 0 bridgehead atoms. The summed E-state index contributed by atoms with van der Waals surface area (Å²) in [5.41, 5.74) is 2.54. The van der Waals surface area contributed by atoms with Gasteiger partial charge in [0.15, 0.2) is 0 Å². The van der Waals surface area contributed by atoms with Gasteiger partial charge in [0.2, 0.25) is 0 Å². The molecule has 0 radical (unpaired) electrons. The summed E-state index contributed by atoms with van der Waals surface area (Å²) >= 11 is 0. The van der Waals surface area contributed by atoms with Crippen molar-refractivity contribution in [3.63, 3.8) is 0 Å². The minimum Gasteiger partial charge on any atom is -0.390 e. The van der Waals surface area contributed by atoms with Gasteiger partial charge >= 0.3 is 0 Å². The maximum Gasteiger partial charge on any atom is 0.0820 e. The van der Waals surface area contributed by atoms with E-state index in [9.17, 15) is 5.11 Å². The highest BCUT2D eigenvalue weighted by molar-refractivity contribution is 5.32. The van der Waals surface area contributed by atoms with Crippen LogP contribution in [0.2, 0.25) is 0 Å². The summed E-state index contributed by atoms with van der Waals surface area (Å²) in [6.45, 7) is 6.11. The predicted octanol–water partition coefficient (Wildman–Crippen LogP) is 2.99. The number of hydrogen-bond acceptors (Lipinski definition) is 3. The number of nitrogens with one attached hydrogen (secondary N) is 1. The van der Waals surface area contributed by atoms with Crippen LogP contribution in [0.15, 0.2) is 73.3 Å². The number of β-amino-alcohol motifs (C(OH)–C–C–N with tert-alkyl or cyclic N) is 1. The Bertz CT molecular complexity index is 589. The Hall–Kier alpha value is -1.94. The Labute approximate surface area is 144 Å². The normalized spacial score (nSPS) is 21.8. The second-order valence-electron chi connectivity index (χ2n) is 6.38. The number of benzene rings is 2. The van der Waals surface area contributed by atoms with E-state index in [0.717, 1.165) is 19.5 Å². The molecule has 1 aliphatic heterocycles. The molecule has 0 saturated carbocycles. The van der Waals surface area contributed by atoms with Crippen molar-refractivity contribution in [2.45, 2.75) is 24.6 Å². The largest absolute Gasteiger partial charge is 0.390 e. The SMILES string of the molecule is C=CCN[C@H]1CCN(C(c2ccccc2)c2ccccc2)C[C@@H]1O. The molecule has 2 N–H and O–H groups in total. The van der Waals surface area contributed by atoms with Gasteiger partial charge < -0.3 is 10.4 Å². The van der Waals surface area contributed by atoms with Gasteiger partial charge in [-0.05, 0) is 17.5 Å². The molecular formula is C21H26N2O. The van der Waals surface area contributed by atoms with Crippen molar-refractivity contribution in [2.24, 2.45) is 0 Å². The third-order valence-electron chi connectivity index (χ3n) is 4.73. The van der Waals surface area contributed by atoms with Gasteiger partial charge in [0.05, 0.1) is 12.1 Å². The summed E-state index contributed by atoms with van der Waals surface area (Å²) in [7, 11) is 0. The van der Waals surface area contributed by atoms with Crippen LogP contribution in [-0.2, 0) is 0 Å². The van der Waals surface area contributed by atoms with Crippen LogP contribution in [0.4, 0.5) is 0 Å². The van der Waals surface area contributed by atoms with Crippen LogP contribution in [0.3, 0.4) is 0 Å². The molecule has 3 rings (SSSR count). The standard InChI is InChI=1S/C21H26N2O/c1-2-14-22-19-13-15-23(16-20(19)24)21(17-9-5-3-6-10-17)18-11-7-4-8-12-18/h2-12,19-22,24H,1,13-16H2/t19-,20-/m0/s1. The number of piperidine rings is 1. The highest BCUT2D eigenvalue weighted by atomic mass is 16.3. The highest BCUT2D eigenvalue weighted by Crippen LogP contribution is 2.31. The van der Waals surface area contributed by atoms with Gasteiger partial charge in [0, 0.05) is 25.7 Å². The van der Waals surface area contributed by atoms with Crippen LogP contribution >= 0.6 is 0 Å². The molecule has 2 atom stereocenters. The molecule has 3 heteroatoms. The van der Waals surface area contributed by atoms with E-state index >= 15 is 0 Å². The fourth-order valence-electron chi connectivity index (χ4n) is 3.55. The third-order valence-corrected chi connectivity index (χ3v) is 4.73. The van der Waals surface area contributed by atoms with E-state index in [1.165, 1.54) is 11.1 Å². The van der Waals surface area contributed by atoms with E-state index in [0.29, 0.717) is 6.54 Å². The monoisotopic (exact) mass is 322 g/mol.